The Labute approximate surface area is 181 Å². The van der Waals surface area contributed by atoms with Gasteiger partial charge in [0.1, 0.15) is 11.6 Å². The highest BCUT2D eigenvalue weighted by Crippen LogP contribution is 2.26. The minimum absolute atomic E-state index is 0.0242. The van der Waals surface area contributed by atoms with Crippen LogP contribution in [0.1, 0.15) is 30.8 Å². The van der Waals surface area contributed by atoms with Gasteiger partial charge in [0.15, 0.2) is 0 Å². The van der Waals surface area contributed by atoms with Crippen LogP contribution in [0.15, 0.2) is 78.9 Å². The summed E-state index contributed by atoms with van der Waals surface area (Å²) in [6.07, 6.45) is 1.85. The third-order valence-corrected chi connectivity index (χ3v) is 4.77. The van der Waals surface area contributed by atoms with Crippen LogP contribution in [-0.4, -0.2) is 22.0 Å². The van der Waals surface area contributed by atoms with E-state index >= 15 is 0 Å². The van der Waals surface area contributed by atoms with Crippen molar-refractivity contribution < 1.29 is 9.53 Å². The van der Waals surface area contributed by atoms with E-state index in [0.717, 1.165) is 27.9 Å². The molecule has 4 rings (SSSR count). The van der Waals surface area contributed by atoms with Crippen LogP contribution >= 0.6 is 0 Å². The molecule has 156 valence electrons. The molecule has 0 saturated carbocycles. The van der Waals surface area contributed by atoms with Gasteiger partial charge in [0.05, 0.1) is 22.7 Å². The standard InChI is InChI=1S/C26H25N3O2/c1-18(2)31-24-15-9-6-12-20(24)16-21(25-28-22-13-7-8-14-23(22)29-25)26(30)27-17-19-10-4-3-5-11-19/h3-16,18H,17H2,1-2H3,(H,27,30)(H,28,29). The molecule has 0 radical (unpaired) electrons. The van der Waals surface area contributed by atoms with Crippen molar-refractivity contribution in [2.45, 2.75) is 26.5 Å². The number of aromatic amines is 1. The first-order chi connectivity index (χ1) is 15.1. The van der Waals surface area contributed by atoms with Crippen molar-refractivity contribution in [1.29, 1.82) is 0 Å². The zero-order chi connectivity index (χ0) is 21.6. The highest BCUT2D eigenvalue weighted by atomic mass is 16.5. The summed E-state index contributed by atoms with van der Waals surface area (Å²) in [7, 11) is 0. The molecular weight excluding hydrogens is 386 g/mol. The molecule has 0 spiro atoms. The van der Waals surface area contributed by atoms with Crippen molar-refractivity contribution >= 4 is 28.6 Å². The summed E-state index contributed by atoms with van der Waals surface area (Å²) in [5.41, 5.74) is 3.99. The summed E-state index contributed by atoms with van der Waals surface area (Å²) in [6, 6.07) is 25.3. The van der Waals surface area contributed by atoms with Gasteiger partial charge in [-0.1, -0.05) is 60.7 Å². The van der Waals surface area contributed by atoms with Gasteiger partial charge in [0.2, 0.25) is 0 Å². The Morgan fingerprint density at radius 2 is 1.71 bits per heavy atom. The summed E-state index contributed by atoms with van der Waals surface area (Å²) in [5.74, 6) is 1.04. The third-order valence-electron chi connectivity index (χ3n) is 4.77. The second-order valence-corrected chi connectivity index (χ2v) is 7.53. The first-order valence-corrected chi connectivity index (χ1v) is 10.3. The van der Waals surface area contributed by atoms with Gasteiger partial charge >= 0.3 is 0 Å². The molecule has 0 fully saturated rings. The molecular formula is C26H25N3O2. The van der Waals surface area contributed by atoms with Gasteiger partial charge < -0.3 is 15.0 Å². The lowest BCUT2D eigenvalue weighted by Crippen LogP contribution is -2.24. The molecule has 2 N–H and O–H groups in total. The number of ether oxygens (including phenoxy) is 1. The number of amides is 1. The molecule has 5 heteroatoms. The van der Waals surface area contributed by atoms with Crippen LogP contribution < -0.4 is 10.1 Å². The van der Waals surface area contributed by atoms with Crippen molar-refractivity contribution in [1.82, 2.24) is 15.3 Å². The lowest BCUT2D eigenvalue weighted by atomic mass is 10.1. The largest absolute Gasteiger partial charge is 0.490 e. The van der Waals surface area contributed by atoms with Gasteiger partial charge in [0, 0.05) is 12.1 Å². The van der Waals surface area contributed by atoms with E-state index in [1.165, 1.54) is 0 Å². The number of para-hydroxylation sites is 3. The van der Waals surface area contributed by atoms with E-state index in [9.17, 15) is 4.79 Å². The molecule has 0 aliphatic heterocycles. The van der Waals surface area contributed by atoms with Crippen LogP contribution in [0.4, 0.5) is 0 Å². The second kappa shape index (κ2) is 9.30. The molecule has 0 atom stereocenters. The maximum atomic E-state index is 13.3. The third kappa shape index (κ3) is 5.01. The number of hydrogen-bond donors (Lipinski definition) is 2. The summed E-state index contributed by atoms with van der Waals surface area (Å²) in [4.78, 5) is 21.2. The zero-order valence-electron chi connectivity index (χ0n) is 17.6. The second-order valence-electron chi connectivity index (χ2n) is 7.53. The number of hydrogen-bond acceptors (Lipinski definition) is 3. The number of nitrogens with zero attached hydrogens (tertiary/aromatic N) is 1. The van der Waals surface area contributed by atoms with Crippen LogP contribution in [0.25, 0.3) is 22.7 Å². The molecule has 31 heavy (non-hydrogen) atoms. The van der Waals surface area contributed by atoms with E-state index in [4.69, 9.17) is 4.74 Å². The van der Waals surface area contributed by atoms with E-state index in [1.807, 2.05) is 98.8 Å². The summed E-state index contributed by atoms with van der Waals surface area (Å²) >= 11 is 0. The van der Waals surface area contributed by atoms with Crippen molar-refractivity contribution in [3.8, 4) is 5.75 Å². The summed E-state index contributed by atoms with van der Waals surface area (Å²) < 4.78 is 5.94. The summed E-state index contributed by atoms with van der Waals surface area (Å²) in [5, 5.41) is 3.01. The zero-order valence-corrected chi connectivity index (χ0v) is 17.6. The molecule has 0 saturated heterocycles. The van der Waals surface area contributed by atoms with E-state index in [1.54, 1.807) is 0 Å². The molecule has 0 unspecified atom stereocenters. The van der Waals surface area contributed by atoms with Crippen LogP contribution in [0.2, 0.25) is 0 Å². The number of aromatic nitrogens is 2. The van der Waals surface area contributed by atoms with E-state index in [-0.39, 0.29) is 12.0 Å². The van der Waals surface area contributed by atoms with E-state index in [2.05, 4.69) is 15.3 Å². The molecule has 1 aromatic heterocycles. The highest BCUT2D eigenvalue weighted by Gasteiger charge is 2.17. The Morgan fingerprint density at radius 3 is 2.48 bits per heavy atom. The fourth-order valence-electron chi connectivity index (χ4n) is 3.31. The molecule has 4 aromatic rings. The molecule has 0 aliphatic carbocycles. The SMILES string of the molecule is CC(C)Oc1ccccc1C=C(C(=O)NCc1ccccc1)c1nc2ccccc2[nH]1. The Balaban J connectivity index is 1.72. The number of nitrogens with one attached hydrogen (secondary N) is 2. The van der Waals surface area contributed by atoms with Gasteiger partial charge in [-0.3, -0.25) is 4.79 Å². The topological polar surface area (TPSA) is 67.0 Å². The van der Waals surface area contributed by atoms with Gasteiger partial charge in [-0.2, -0.15) is 0 Å². The van der Waals surface area contributed by atoms with Crippen molar-refractivity contribution in [2.24, 2.45) is 0 Å². The highest BCUT2D eigenvalue weighted by molar-refractivity contribution is 6.23. The fourth-order valence-corrected chi connectivity index (χ4v) is 3.31. The molecule has 0 bridgehead atoms. The van der Waals surface area contributed by atoms with Gasteiger partial charge in [0.25, 0.3) is 5.91 Å². The number of imidazole rings is 1. The predicted molar refractivity (Wildman–Crippen MR) is 124 cm³/mol. The Bertz CT molecular complexity index is 1180. The molecule has 0 aliphatic rings. The van der Waals surface area contributed by atoms with Crippen molar-refractivity contribution in [3.63, 3.8) is 0 Å². The number of rotatable bonds is 7. The number of H-pyrrole nitrogens is 1. The average molecular weight is 412 g/mol. The van der Waals surface area contributed by atoms with E-state index < -0.39 is 0 Å². The lowest BCUT2D eigenvalue weighted by molar-refractivity contribution is -0.115. The quantitative estimate of drug-likeness (QED) is 0.410. The van der Waals surface area contributed by atoms with Crippen LogP contribution in [-0.2, 0) is 11.3 Å². The Hall–Kier alpha value is -3.86. The molecule has 1 heterocycles. The monoisotopic (exact) mass is 411 g/mol. The molecule has 1 amide bonds. The molecule has 3 aromatic carbocycles. The lowest BCUT2D eigenvalue weighted by Gasteiger charge is -2.13. The average Bonchev–Trinajstić information content (AvgIpc) is 3.21. The van der Waals surface area contributed by atoms with Gasteiger partial charge in [-0.25, -0.2) is 4.98 Å². The number of benzene rings is 3. The Morgan fingerprint density at radius 1 is 1.00 bits per heavy atom. The smallest absolute Gasteiger partial charge is 0.255 e. The fraction of sp³-hybridized carbons (Fsp3) is 0.154. The minimum Gasteiger partial charge on any atom is -0.490 e. The predicted octanol–water partition coefficient (Wildman–Crippen LogP) is 5.21. The van der Waals surface area contributed by atoms with Crippen molar-refractivity contribution in [2.75, 3.05) is 0 Å². The van der Waals surface area contributed by atoms with Crippen molar-refractivity contribution in [3.05, 3.63) is 95.8 Å². The number of carbonyl (C=O) groups excluding carboxylic acids is 1. The first-order valence-electron chi connectivity index (χ1n) is 10.3. The maximum Gasteiger partial charge on any atom is 0.255 e. The number of fused-ring (bicyclic) bond motifs is 1. The minimum atomic E-state index is -0.206. The van der Waals surface area contributed by atoms with Gasteiger partial charge in [-0.05, 0) is 43.7 Å². The normalized spacial score (nSPS) is 11.6. The number of carbonyl (C=O) groups is 1. The first kappa shape index (κ1) is 20.4. The Kier molecular flexibility index (Phi) is 6.13. The summed E-state index contributed by atoms with van der Waals surface area (Å²) in [6.45, 7) is 4.39. The maximum absolute atomic E-state index is 13.3. The van der Waals surface area contributed by atoms with Crippen LogP contribution in [0.5, 0.6) is 5.75 Å². The van der Waals surface area contributed by atoms with Crippen LogP contribution in [0.3, 0.4) is 0 Å². The van der Waals surface area contributed by atoms with Gasteiger partial charge in [-0.15, -0.1) is 0 Å². The van der Waals surface area contributed by atoms with E-state index in [0.29, 0.717) is 17.9 Å². The van der Waals surface area contributed by atoms with Crippen LogP contribution in [0, 0.1) is 0 Å². The molecule has 5 nitrogen and oxygen atoms in total.